The molecule has 0 atom stereocenters. The number of aromatic nitrogens is 1. The van der Waals surface area contributed by atoms with Crippen LogP contribution in [0.5, 0.6) is 0 Å². The first kappa shape index (κ1) is 16.2. The zero-order chi connectivity index (χ0) is 15.2. The summed E-state index contributed by atoms with van der Waals surface area (Å²) in [6.07, 6.45) is 1.15. The predicted molar refractivity (Wildman–Crippen MR) is 87.5 cm³/mol. The van der Waals surface area contributed by atoms with Crippen LogP contribution in [-0.2, 0) is 19.6 Å². The van der Waals surface area contributed by atoms with Crippen molar-refractivity contribution >= 4 is 11.3 Å². The molecular formula is C16H25N3OS. The third-order valence-electron chi connectivity index (χ3n) is 3.34. The number of aryl methyl sites for hydroxylation is 2. The van der Waals surface area contributed by atoms with Crippen LogP contribution in [-0.4, -0.2) is 23.5 Å². The molecule has 2 aromatic rings. The van der Waals surface area contributed by atoms with Crippen molar-refractivity contribution in [3.05, 3.63) is 39.2 Å². The van der Waals surface area contributed by atoms with Gasteiger partial charge < -0.3 is 9.73 Å². The van der Waals surface area contributed by atoms with Crippen molar-refractivity contribution in [2.24, 2.45) is 0 Å². The molecule has 2 heterocycles. The summed E-state index contributed by atoms with van der Waals surface area (Å²) >= 11 is 1.70. The topological polar surface area (TPSA) is 41.3 Å². The third kappa shape index (κ3) is 4.95. The molecule has 0 radical (unpaired) electrons. The molecule has 21 heavy (non-hydrogen) atoms. The van der Waals surface area contributed by atoms with Crippen LogP contribution in [0.3, 0.4) is 0 Å². The molecule has 0 saturated heterocycles. The Balaban J connectivity index is 1.88. The van der Waals surface area contributed by atoms with Gasteiger partial charge in [-0.2, -0.15) is 0 Å². The van der Waals surface area contributed by atoms with E-state index in [4.69, 9.17) is 4.42 Å². The van der Waals surface area contributed by atoms with E-state index < -0.39 is 0 Å². The average Bonchev–Trinajstić information content (AvgIpc) is 2.96. The summed E-state index contributed by atoms with van der Waals surface area (Å²) in [6, 6.07) is 2.17. The first-order valence-electron chi connectivity index (χ1n) is 7.47. The molecule has 0 aromatic carbocycles. The number of hydrogen-bond acceptors (Lipinski definition) is 5. The summed E-state index contributed by atoms with van der Waals surface area (Å²) in [4.78, 5) is 6.73. The van der Waals surface area contributed by atoms with E-state index in [1.165, 1.54) is 5.56 Å². The van der Waals surface area contributed by atoms with E-state index in [0.717, 1.165) is 54.8 Å². The summed E-state index contributed by atoms with van der Waals surface area (Å²) in [7, 11) is 2.10. The molecule has 0 amide bonds. The zero-order valence-electron chi connectivity index (χ0n) is 13.4. The van der Waals surface area contributed by atoms with Gasteiger partial charge >= 0.3 is 0 Å². The van der Waals surface area contributed by atoms with Crippen LogP contribution < -0.4 is 5.32 Å². The highest BCUT2D eigenvalue weighted by Crippen LogP contribution is 2.17. The Hall–Kier alpha value is -1.17. The van der Waals surface area contributed by atoms with Crippen molar-refractivity contribution in [3.8, 4) is 0 Å². The minimum atomic E-state index is 0.811. The maximum Gasteiger partial charge on any atom is 0.118 e. The molecule has 0 aliphatic carbocycles. The fourth-order valence-electron chi connectivity index (χ4n) is 2.32. The molecule has 116 valence electrons. The van der Waals surface area contributed by atoms with Crippen LogP contribution in [0.15, 0.2) is 15.9 Å². The smallest absolute Gasteiger partial charge is 0.118 e. The lowest BCUT2D eigenvalue weighted by Gasteiger charge is -2.13. The Morgan fingerprint density at radius 3 is 2.81 bits per heavy atom. The van der Waals surface area contributed by atoms with E-state index in [-0.39, 0.29) is 0 Å². The highest BCUT2D eigenvalue weighted by atomic mass is 32.1. The largest absolute Gasteiger partial charge is 0.465 e. The maximum absolute atomic E-state index is 5.86. The number of hydrogen-bond donors (Lipinski definition) is 1. The molecule has 0 aliphatic heterocycles. The molecular weight excluding hydrogens is 282 g/mol. The Labute approximate surface area is 131 Å². The Kier molecular flexibility index (Phi) is 5.96. The van der Waals surface area contributed by atoms with E-state index in [0.29, 0.717) is 0 Å². The summed E-state index contributed by atoms with van der Waals surface area (Å²) in [5, 5.41) is 6.67. The predicted octanol–water partition coefficient (Wildman–Crippen LogP) is 3.48. The van der Waals surface area contributed by atoms with Crippen molar-refractivity contribution in [3.63, 3.8) is 0 Å². The molecule has 0 spiro atoms. The standard InChI is InChI=1S/C16H25N3OS/c1-5-6-17-8-14-7-16(20-12(14)2)10-19(4)9-15-11-21-13(3)18-15/h7,11,17H,5-6,8-10H2,1-4H3. The van der Waals surface area contributed by atoms with Gasteiger partial charge in [-0.05, 0) is 39.9 Å². The van der Waals surface area contributed by atoms with Crippen LogP contribution in [0.25, 0.3) is 0 Å². The number of furan rings is 1. The van der Waals surface area contributed by atoms with Gasteiger partial charge in [0.25, 0.3) is 0 Å². The van der Waals surface area contributed by atoms with Gasteiger partial charge in [-0.15, -0.1) is 11.3 Å². The summed E-state index contributed by atoms with van der Waals surface area (Å²) in [6.45, 7) is 9.85. The molecule has 4 nitrogen and oxygen atoms in total. The SMILES string of the molecule is CCCNCc1cc(CN(C)Cc2csc(C)n2)oc1C. The zero-order valence-corrected chi connectivity index (χ0v) is 14.2. The van der Waals surface area contributed by atoms with Gasteiger partial charge in [0, 0.05) is 24.0 Å². The van der Waals surface area contributed by atoms with Crippen LogP contribution in [0, 0.1) is 13.8 Å². The summed E-state index contributed by atoms with van der Waals surface area (Å²) in [5.41, 5.74) is 2.39. The molecule has 1 N–H and O–H groups in total. The monoisotopic (exact) mass is 307 g/mol. The average molecular weight is 307 g/mol. The van der Waals surface area contributed by atoms with Gasteiger partial charge in [-0.25, -0.2) is 4.98 Å². The van der Waals surface area contributed by atoms with Crippen LogP contribution >= 0.6 is 11.3 Å². The highest BCUT2D eigenvalue weighted by molar-refractivity contribution is 7.09. The molecule has 0 aliphatic rings. The van der Waals surface area contributed by atoms with Crippen molar-refractivity contribution in [2.75, 3.05) is 13.6 Å². The summed E-state index contributed by atoms with van der Waals surface area (Å²) < 4.78 is 5.86. The third-order valence-corrected chi connectivity index (χ3v) is 4.16. The van der Waals surface area contributed by atoms with Gasteiger partial charge in [-0.3, -0.25) is 4.90 Å². The second kappa shape index (κ2) is 7.73. The number of thiazole rings is 1. The number of rotatable bonds is 8. The fraction of sp³-hybridized carbons (Fsp3) is 0.562. The quantitative estimate of drug-likeness (QED) is 0.758. The Bertz CT molecular complexity index is 562. The van der Waals surface area contributed by atoms with Crippen molar-refractivity contribution in [1.29, 1.82) is 0 Å². The second-order valence-corrected chi connectivity index (χ2v) is 6.56. The minimum Gasteiger partial charge on any atom is -0.465 e. The van der Waals surface area contributed by atoms with Crippen LogP contribution in [0.4, 0.5) is 0 Å². The van der Waals surface area contributed by atoms with Gasteiger partial charge in [0.2, 0.25) is 0 Å². The van der Waals surface area contributed by atoms with Crippen molar-refractivity contribution in [1.82, 2.24) is 15.2 Å². The molecule has 0 fully saturated rings. The lowest BCUT2D eigenvalue weighted by atomic mass is 10.2. The lowest BCUT2D eigenvalue weighted by Crippen LogP contribution is -2.17. The normalized spacial score (nSPS) is 11.5. The van der Waals surface area contributed by atoms with Gasteiger partial charge in [0.15, 0.2) is 0 Å². The fourth-order valence-corrected chi connectivity index (χ4v) is 2.92. The first-order chi connectivity index (χ1) is 10.1. The molecule has 0 saturated carbocycles. The van der Waals surface area contributed by atoms with Crippen molar-refractivity contribution in [2.45, 2.75) is 46.8 Å². The van der Waals surface area contributed by atoms with E-state index in [1.807, 2.05) is 13.8 Å². The van der Waals surface area contributed by atoms with E-state index >= 15 is 0 Å². The van der Waals surface area contributed by atoms with E-state index in [9.17, 15) is 0 Å². The molecule has 5 heteroatoms. The molecule has 2 aromatic heterocycles. The minimum absolute atomic E-state index is 0.811. The van der Waals surface area contributed by atoms with Gasteiger partial charge in [0.05, 0.1) is 17.2 Å². The number of nitrogens with one attached hydrogen (secondary N) is 1. The highest BCUT2D eigenvalue weighted by Gasteiger charge is 2.10. The van der Waals surface area contributed by atoms with Gasteiger partial charge in [-0.1, -0.05) is 6.92 Å². The molecule has 2 rings (SSSR count). The van der Waals surface area contributed by atoms with Crippen LogP contribution in [0.1, 0.15) is 41.1 Å². The van der Waals surface area contributed by atoms with E-state index in [2.05, 4.69) is 40.6 Å². The Morgan fingerprint density at radius 1 is 1.33 bits per heavy atom. The van der Waals surface area contributed by atoms with Crippen molar-refractivity contribution < 1.29 is 4.42 Å². The second-order valence-electron chi connectivity index (χ2n) is 5.50. The van der Waals surface area contributed by atoms with Gasteiger partial charge in [0.1, 0.15) is 11.5 Å². The van der Waals surface area contributed by atoms with Crippen LogP contribution in [0.2, 0.25) is 0 Å². The molecule has 0 bridgehead atoms. The van der Waals surface area contributed by atoms with E-state index in [1.54, 1.807) is 11.3 Å². The number of nitrogens with zero attached hydrogens (tertiary/aromatic N) is 2. The summed E-state index contributed by atoms with van der Waals surface area (Å²) in [5.74, 6) is 2.04. The Morgan fingerprint density at radius 2 is 2.14 bits per heavy atom. The first-order valence-corrected chi connectivity index (χ1v) is 8.35. The molecule has 0 unspecified atom stereocenters. The maximum atomic E-state index is 5.86. The lowest BCUT2D eigenvalue weighted by molar-refractivity contribution is 0.282.